The van der Waals surface area contributed by atoms with E-state index in [1.807, 2.05) is 24.3 Å². The summed E-state index contributed by atoms with van der Waals surface area (Å²) in [7, 11) is 0. The monoisotopic (exact) mass is 262 g/mol. The number of para-hydroxylation sites is 1. The molecule has 0 radical (unpaired) electrons. The molecule has 2 heterocycles. The molecule has 3 heteroatoms. The molecule has 2 aromatic heterocycles. The Bertz CT molecular complexity index is 983. The minimum atomic E-state index is 1.03. The normalized spacial score (nSPS) is 11.7. The zero-order valence-electron chi connectivity index (χ0n) is 11.4. The molecule has 0 aliphatic rings. The van der Waals surface area contributed by atoms with Crippen LogP contribution in [0.5, 0.6) is 0 Å². The average molecular weight is 262 g/mol. The average Bonchev–Trinajstić information content (AvgIpc) is 2.84. The Balaban J connectivity index is 2.36. The van der Waals surface area contributed by atoms with E-state index >= 15 is 0 Å². The van der Waals surface area contributed by atoms with E-state index in [-0.39, 0.29) is 0 Å². The lowest BCUT2D eigenvalue weighted by atomic mass is 9.97. The molecule has 98 valence electrons. The van der Waals surface area contributed by atoms with Crippen LogP contribution < -0.4 is 0 Å². The number of hydrogen-bond acceptors (Lipinski definition) is 2. The smallest absolute Gasteiger partial charge is 0.0754 e. The maximum absolute atomic E-state index is 9.68. The number of benzene rings is 2. The molecule has 1 N–H and O–H groups in total. The van der Waals surface area contributed by atoms with Gasteiger partial charge in [-0.05, 0) is 42.5 Å². The molecule has 0 atom stereocenters. The minimum absolute atomic E-state index is 1.03. The maximum atomic E-state index is 9.68. The van der Waals surface area contributed by atoms with Crippen LogP contribution in [-0.4, -0.2) is 14.9 Å². The summed E-state index contributed by atoms with van der Waals surface area (Å²) in [5, 5.41) is 14.3. The molecular formula is C17H14N2O. The topological polar surface area (TPSA) is 38.0 Å². The fraction of sp³-hybridized carbons (Fsp3) is 0.118. The van der Waals surface area contributed by atoms with Crippen LogP contribution in [0, 0.1) is 13.8 Å². The van der Waals surface area contributed by atoms with Gasteiger partial charge in [-0.15, -0.1) is 0 Å². The van der Waals surface area contributed by atoms with Crippen LogP contribution in [0.15, 0.2) is 42.7 Å². The van der Waals surface area contributed by atoms with Gasteiger partial charge in [-0.1, -0.05) is 18.2 Å². The highest BCUT2D eigenvalue weighted by Crippen LogP contribution is 2.36. The number of fused-ring (bicyclic) bond motifs is 4. The van der Waals surface area contributed by atoms with Crippen molar-refractivity contribution in [1.29, 1.82) is 0 Å². The summed E-state index contributed by atoms with van der Waals surface area (Å²) in [4.78, 5) is 4.78. The molecular weight excluding hydrogens is 248 g/mol. The van der Waals surface area contributed by atoms with E-state index < -0.39 is 0 Å². The molecule has 3 nitrogen and oxygen atoms in total. The molecule has 4 rings (SSSR count). The summed E-state index contributed by atoms with van der Waals surface area (Å²) >= 11 is 0. The third-order valence-electron chi connectivity index (χ3n) is 4.13. The lowest BCUT2D eigenvalue weighted by Gasteiger charge is -2.09. The fourth-order valence-electron chi connectivity index (χ4n) is 3.11. The first kappa shape index (κ1) is 11.3. The predicted octanol–water partition coefficient (Wildman–Crippen LogP) is 4.20. The standard InChI is InChI=1S/C17H14N2O/c1-10-14-9-19(20)8-7-12(14)11(2)17-16(10)13-5-3-4-6-15(13)18-17/h3-9,20H,1-2H3. The molecule has 0 aliphatic heterocycles. The number of pyridine rings is 1. The van der Waals surface area contributed by atoms with Crippen LogP contribution in [0.25, 0.3) is 32.6 Å². The lowest BCUT2D eigenvalue weighted by molar-refractivity contribution is 0.186. The van der Waals surface area contributed by atoms with Crippen molar-refractivity contribution in [3.8, 4) is 0 Å². The van der Waals surface area contributed by atoms with Crippen LogP contribution >= 0.6 is 0 Å². The van der Waals surface area contributed by atoms with E-state index in [0.29, 0.717) is 0 Å². The van der Waals surface area contributed by atoms with Crippen LogP contribution in [0.3, 0.4) is 0 Å². The molecule has 0 spiro atoms. The van der Waals surface area contributed by atoms with Crippen LogP contribution in [0.2, 0.25) is 0 Å². The largest absolute Gasteiger partial charge is 0.429 e. The van der Waals surface area contributed by atoms with Gasteiger partial charge in [0.1, 0.15) is 0 Å². The molecule has 0 aliphatic carbocycles. The van der Waals surface area contributed by atoms with E-state index in [9.17, 15) is 5.21 Å². The lowest BCUT2D eigenvalue weighted by Crippen LogP contribution is -1.94. The van der Waals surface area contributed by atoms with E-state index in [4.69, 9.17) is 4.98 Å². The van der Waals surface area contributed by atoms with Crippen LogP contribution in [0.1, 0.15) is 11.1 Å². The van der Waals surface area contributed by atoms with Crippen LogP contribution in [0.4, 0.5) is 0 Å². The van der Waals surface area contributed by atoms with Gasteiger partial charge in [0.15, 0.2) is 0 Å². The zero-order chi connectivity index (χ0) is 13.9. The summed E-state index contributed by atoms with van der Waals surface area (Å²) in [5.41, 5.74) is 4.42. The van der Waals surface area contributed by atoms with E-state index in [2.05, 4.69) is 19.9 Å². The third kappa shape index (κ3) is 1.32. The quantitative estimate of drug-likeness (QED) is 0.482. The second kappa shape index (κ2) is 3.73. The molecule has 0 saturated heterocycles. The van der Waals surface area contributed by atoms with Crippen molar-refractivity contribution in [2.45, 2.75) is 13.8 Å². The predicted molar refractivity (Wildman–Crippen MR) is 81.4 cm³/mol. The summed E-state index contributed by atoms with van der Waals surface area (Å²) in [5.74, 6) is 0. The fourth-order valence-corrected chi connectivity index (χ4v) is 3.11. The highest BCUT2D eigenvalue weighted by Gasteiger charge is 2.14. The first-order valence-corrected chi connectivity index (χ1v) is 6.65. The van der Waals surface area contributed by atoms with E-state index in [1.54, 1.807) is 12.4 Å². The second-order valence-electron chi connectivity index (χ2n) is 5.25. The van der Waals surface area contributed by atoms with Crippen molar-refractivity contribution in [2.75, 3.05) is 0 Å². The second-order valence-corrected chi connectivity index (χ2v) is 5.25. The summed E-state index contributed by atoms with van der Waals surface area (Å²) in [6.45, 7) is 4.19. The zero-order valence-corrected chi connectivity index (χ0v) is 11.4. The first-order chi connectivity index (χ1) is 9.66. The molecule has 0 bridgehead atoms. The van der Waals surface area contributed by atoms with E-state index in [1.165, 1.54) is 10.8 Å². The highest BCUT2D eigenvalue weighted by atomic mass is 16.5. The van der Waals surface area contributed by atoms with Crippen LogP contribution in [-0.2, 0) is 0 Å². The molecule has 20 heavy (non-hydrogen) atoms. The molecule has 0 unspecified atom stereocenters. The molecule has 0 saturated carbocycles. The molecule has 0 amide bonds. The van der Waals surface area contributed by atoms with Gasteiger partial charge in [-0.25, -0.2) is 9.71 Å². The third-order valence-corrected chi connectivity index (χ3v) is 4.13. The molecule has 2 aromatic carbocycles. The van der Waals surface area contributed by atoms with Crippen molar-refractivity contribution in [3.05, 3.63) is 53.9 Å². The maximum Gasteiger partial charge on any atom is 0.0754 e. The number of aryl methyl sites for hydroxylation is 2. The Kier molecular flexibility index (Phi) is 2.11. The van der Waals surface area contributed by atoms with Gasteiger partial charge >= 0.3 is 0 Å². The molecule has 0 fully saturated rings. The van der Waals surface area contributed by atoms with Gasteiger partial charge in [-0.2, -0.15) is 0 Å². The number of hydrogen-bond donors (Lipinski definition) is 1. The minimum Gasteiger partial charge on any atom is -0.429 e. The summed E-state index contributed by atoms with van der Waals surface area (Å²) in [6.07, 6.45) is 3.42. The van der Waals surface area contributed by atoms with Gasteiger partial charge in [0.05, 0.1) is 17.2 Å². The van der Waals surface area contributed by atoms with E-state index in [0.717, 1.165) is 37.7 Å². The summed E-state index contributed by atoms with van der Waals surface area (Å²) < 4.78 is 1.11. The highest BCUT2D eigenvalue weighted by molar-refractivity contribution is 6.16. The number of nitrogens with zero attached hydrogens (tertiary/aromatic N) is 2. The Morgan fingerprint density at radius 2 is 1.75 bits per heavy atom. The SMILES string of the molecule is Cc1c2ccn(O)cc2c(C)c2c1nc1ccccc12. The molecule has 4 aromatic rings. The van der Waals surface area contributed by atoms with Crippen molar-refractivity contribution in [2.24, 2.45) is 0 Å². The van der Waals surface area contributed by atoms with Crippen molar-refractivity contribution < 1.29 is 5.21 Å². The van der Waals surface area contributed by atoms with Gasteiger partial charge in [0, 0.05) is 22.4 Å². The number of rotatable bonds is 0. The Hall–Kier alpha value is -2.55. The van der Waals surface area contributed by atoms with Crippen molar-refractivity contribution >= 4 is 32.6 Å². The van der Waals surface area contributed by atoms with Gasteiger partial charge in [0.2, 0.25) is 0 Å². The van der Waals surface area contributed by atoms with Crippen molar-refractivity contribution in [1.82, 2.24) is 9.71 Å². The number of aromatic nitrogens is 2. The Morgan fingerprint density at radius 3 is 2.60 bits per heavy atom. The Labute approximate surface area is 116 Å². The van der Waals surface area contributed by atoms with Gasteiger partial charge in [0.25, 0.3) is 0 Å². The Morgan fingerprint density at radius 1 is 0.950 bits per heavy atom. The van der Waals surface area contributed by atoms with Gasteiger partial charge in [-0.3, -0.25) is 0 Å². The van der Waals surface area contributed by atoms with Gasteiger partial charge < -0.3 is 5.21 Å². The first-order valence-electron chi connectivity index (χ1n) is 6.65. The van der Waals surface area contributed by atoms with Crippen molar-refractivity contribution in [3.63, 3.8) is 0 Å². The summed E-state index contributed by atoms with van der Waals surface area (Å²) in [6, 6.07) is 10.2.